The lowest BCUT2D eigenvalue weighted by molar-refractivity contribution is -0.384. The molecule has 5 nitrogen and oxygen atoms in total. The highest BCUT2D eigenvalue weighted by Crippen LogP contribution is 2.24. The maximum atomic E-state index is 10.6. The highest BCUT2D eigenvalue weighted by atomic mass is 35.5. The summed E-state index contributed by atoms with van der Waals surface area (Å²) in [6.45, 7) is 4.83. The second-order valence-corrected chi connectivity index (χ2v) is 5.41. The van der Waals surface area contributed by atoms with Gasteiger partial charge >= 0.3 is 0 Å². The average Bonchev–Trinajstić information content (AvgIpc) is 2.41. The second kappa shape index (κ2) is 7.57. The van der Waals surface area contributed by atoms with Crippen molar-refractivity contribution in [3.8, 4) is 0 Å². The van der Waals surface area contributed by atoms with Gasteiger partial charge in [-0.15, -0.1) is 12.4 Å². The van der Waals surface area contributed by atoms with Crippen molar-refractivity contribution in [3.05, 3.63) is 39.9 Å². The first kappa shape index (κ1) is 16.9. The molecule has 1 aromatic carbocycles. The van der Waals surface area contributed by atoms with Crippen molar-refractivity contribution in [1.29, 1.82) is 0 Å². The Morgan fingerprint density at radius 3 is 2.60 bits per heavy atom. The van der Waals surface area contributed by atoms with Gasteiger partial charge in [-0.2, -0.15) is 0 Å². The van der Waals surface area contributed by atoms with Gasteiger partial charge in [-0.05, 0) is 30.9 Å². The molecule has 0 bridgehead atoms. The summed E-state index contributed by atoms with van der Waals surface area (Å²) in [7, 11) is 0. The van der Waals surface area contributed by atoms with E-state index in [1.165, 1.54) is 6.42 Å². The van der Waals surface area contributed by atoms with Gasteiger partial charge in [-0.1, -0.05) is 19.1 Å². The Morgan fingerprint density at radius 2 is 2.05 bits per heavy atom. The molecule has 20 heavy (non-hydrogen) atoms. The summed E-state index contributed by atoms with van der Waals surface area (Å²) in [6, 6.07) is 7.24. The Morgan fingerprint density at radius 1 is 1.40 bits per heavy atom. The fraction of sp³-hybridized carbons (Fsp3) is 0.571. The van der Waals surface area contributed by atoms with Gasteiger partial charge in [0.15, 0.2) is 0 Å². The van der Waals surface area contributed by atoms with Crippen LogP contribution in [0.3, 0.4) is 0 Å². The number of hydrogen-bond donors (Lipinski definition) is 1. The molecule has 1 aromatic rings. The quantitative estimate of drug-likeness (QED) is 0.685. The number of nitro benzene ring substituents is 1. The van der Waals surface area contributed by atoms with Crippen molar-refractivity contribution < 1.29 is 4.92 Å². The molecule has 1 aliphatic rings. The van der Waals surface area contributed by atoms with Crippen molar-refractivity contribution in [2.24, 2.45) is 11.7 Å². The Hall–Kier alpha value is -1.17. The fourth-order valence-electron chi connectivity index (χ4n) is 2.71. The van der Waals surface area contributed by atoms with Gasteiger partial charge < -0.3 is 5.73 Å². The van der Waals surface area contributed by atoms with Crippen molar-refractivity contribution in [1.82, 2.24) is 4.90 Å². The van der Waals surface area contributed by atoms with Crippen LogP contribution >= 0.6 is 12.4 Å². The number of rotatable bonds is 4. The molecule has 2 atom stereocenters. The van der Waals surface area contributed by atoms with Crippen LogP contribution in [0.2, 0.25) is 0 Å². The van der Waals surface area contributed by atoms with Crippen molar-refractivity contribution in [3.63, 3.8) is 0 Å². The van der Waals surface area contributed by atoms with E-state index in [0.717, 1.165) is 31.0 Å². The van der Waals surface area contributed by atoms with Crippen molar-refractivity contribution in [2.75, 3.05) is 13.1 Å². The molecule has 0 spiro atoms. The molecule has 6 heteroatoms. The first-order chi connectivity index (χ1) is 9.10. The molecule has 1 heterocycles. The summed E-state index contributed by atoms with van der Waals surface area (Å²) in [5.74, 6) is 0.738. The highest BCUT2D eigenvalue weighted by Gasteiger charge is 2.25. The number of non-ortho nitro benzene ring substituents is 1. The van der Waals surface area contributed by atoms with E-state index in [1.54, 1.807) is 12.1 Å². The second-order valence-electron chi connectivity index (χ2n) is 5.41. The van der Waals surface area contributed by atoms with Crippen molar-refractivity contribution >= 4 is 18.1 Å². The Bertz CT molecular complexity index is 439. The zero-order chi connectivity index (χ0) is 13.8. The minimum Gasteiger partial charge on any atom is -0.329 e. The van der Waals surface area contributed by atoms with E-state index in [4.69, 9.17) is 5.73 Å². The lowest BCUT2D eigenvalue weighted by atomic mass is 9.92. The van der Waals surface area contributed by atoms with E-state index >= 15 is 0 Å². The fourth-order valence-corrected chi connectivity index (χ4v) is 2.71. The van der Waals surface area contributed by atoms with Gasteiger partial charge in [0, 0.05) is 31.3 Å². The maximum absolute atomic E-state index is 10.6. The molecule has 0 aromatic heterocycles. The van der Waals surface area contributed by atoms with E-state index in [0.29, 0.717) is 12.6 Å². The SMILES string of the molecule is CC1CCN(Cc2ccc([N+](=O)[O-])cc2)C(CN)C1.Cl. The molecule has 112 valence electrons. The van der Waals surface area contributed by atoms with Crippen LogP contribution in [0.4, 0.5) is 5.69 Å². The number of halogens is 1. The predicted molar refractivity (Wildman–Crippen MR) is 82.0 cm³/mol. The van der Waals surface area contributed by atoms with Crippen LogP contribution in [0.1, 0.15) is 25.3 Å². The number of nitro groups is 1. The summed E-state index contributed by atoms with van der Waals surface area (Å²) in [5.41, 5.74) is 7.10. The van der Waals surface area contributed by atoms with Crippen LogP contribution in [-0.2, 0) is 6.54 Å². The normalized spacial score (nSPS) is 23.1. The molecule has 2 N–H and O–H groups in total. The number of benzene rings is 1. The number of likely N-dealkylation sites (tertiary alicyclic amines) is 1. The molecular weight excluding hydrogens is 278 g/mol. The number of hydrogen-bond acceptors (Lipinski definition) is 4. The zero-order valence-corrected chi connectivity index (χ0v) is 12.5. The van der Waals surface area contributed by atoms with Gasteiger partial charge in [0.1, 0.15) is 0 Å². The third kappa shape index (κ3) is 4.16. The number of nitrogens with two attached hydrogens (primary N) is 1. The monoisotopic (exact) mass is 299 g/mol. The summed E-state index contributed by atoms with van der Waals surface area (Å²) < 4.78 is 0. The summed E-state index contributed by atoms with van der Waals surface area (Å²) in [6.07, 6.45) is 2.34. The Kier molecular flexibility index (Phi) is 6.39. The van der Waals surface area contributed by atoms with Crippen LogP contribution < -0.4 is 5.73 Å². The van der Waals surface area contributed by atoms with Crippen LogP contribution in [0.25, 0.3) is 0 Å². The minimum absolute atomic E-state index is 0. The smallest absolute Gasteiger partial charge is 0.269 e. The summed E-state index contributed by atoms with van der Waals surface area (Å²) in [4.78, 5) is 12.6. The minimum atomic E-state index is -0.366. The summed E-state index contributed by atoms with van der Waals surface area (Å²) in [5, 5.41) is 10.6. The van der Waals surface area contributed by atoms with Gasteiger partial charge in [-0.3, -0.25) is 15.0 Å². The van der Waals surface area contributed by atoms with Crippen LogP contribution in [0, 0.1) is 16.0 Å². The largest absolute Gasteiger partial charge is 0.329 e. The van der Waals surface area contributed by atoms with Crippen LogP contribution in [0.15, 0.2) is 24.3 Å². The van der Waals surface area contributed by atoms with Gasteiger partial charge in [0.2, 0.25) is 0 Å². The van der Waals surface area contributed by atoms with Gasteiger partial charge in [0.25, 0.3) is 5.69 Å². The van der Waals surface area contributed by atoms with Gasteiger partial charge in [0.05, 0.1) is 4.92 Å². The third-order valence-corrected chi connectivity index (χ3v) is 3.90. The molecule has 1 aliphatic heterocycles. The van der Waals surface area contributed by atoms with E-state index < -0.39 is 0 Å². The lowest BCUT2D eigenvalue weighted by Crippen LogP contribution is -2.45. The van der Waals surface area contributed by atoms with E-state index in [-0.39, 0.29) is 23.0 Å². The van der Waals surface area contributed by atoms with Crippen LogP contribution in [-0.4, -0.2) is 29.0 Å². The van der Waals surface area contributed by atoms with Gasteiger partial charge in [-0.25, -0.2) is 0 Å². The number of nitrogens with zero attached hydrogens (tertiary/aromatic N) is 2. The maximum Gasteiger partial charge on any atom is 0.269 e. The predicted octanol–water partition coefficient (Wildman–Crippen LogP) is 2.58. The molecule has 0 radical (unpaired) electrons. The molecule has 0 saturated carbocycles. The third-order valence-electron chi connectivity index (χ3n) is 3.90. The number of piperidine rings is 1. The average molecular weight is 300 g/mol. The first-order valence-corrected chi connectivity index (χ1v) is 6.77. The molecule has 1 saturated heterocycles. The lowest BCUT2D eigenvalue weighted by Gasteiger charge is -2.38. The molecule has 2 unspecified atom stereocenters. The Labute approximate surface area is 125 Å². The molecule has 1 fully saturated rings. The van der Waals surface area contributed by atoms with E-state index in [1.807, 2.05) is 12.1 Å². The first-order valence-electron chi connectivity index (χ1n) is 6.77. The van der Waals surface area contributed by atoms with E-state index in [9.17, 15) is 10.1 Å². The van der Waals surface area contributed by atoms with Crippen LogP contribution in [0.5, 0.6) is 0 Å². The summed E-state index contributed by atoms with van der Waals surface area (Å²) >= 11 is 0. The zero-order valence-electron chi connectivity index (χ0n) is 11.7. The highest BCUT2D eigenvalue weighted by molar-refractivity contribution is 5.85. The molecular formula is C14H22ClN3O2. The standard InChI is InChI=1S/C14H21N3O2.ClH/c1-11-6-7-16(14(8-11)9-15)10-12-2-4-13(5-3-12)17(18)19;/h2-5,11,14H,6-10,15H2,1H3;1H. The molecule has 2 rings (SSSR count). The molecule has 0 aliphatic carbocycles. The Balaban J connectivity index is 0.00000200. The molecule has 0 amide bonds. The van der Waals surface area contributed by atoms with Crippen molar-refractivity contribution in [2.45, 2.75) is 32.4 Å². The topological polar surface area (TPSA) is 72.4 Å². The van der Waals surface area contributed by atoms with E-state index in [2.05, 4.69) is 11.8 Å².